The molecule has 38 heavy (non-hydrogen) atoms. The Morgan fingerprint density at radius 3 is 2.34 bits per heavy atom. The Morgan fingerprint density at radius 2 is 1.63 bits per heavy atom. The molecule has 5 heterocycles. The van der Waals surface area contributed by atoms with Crippen LogP contribution in [-0.2, 0) is 9.59 Å². The molecule has 3 saturated heterocycles. The maximum absolute atomic E-state index is 13.7. The van der Waals surface area contributed by atoms with E-state index in [-0.39, 0.29) is 35.6 Å². The standard InChI is InChI=1S/C30H33N5O3/c1-32-26(36)19-24(27(32)22-7-6-13-31-20-22)29(38)35-18-12-30(21-35)10-16-34(17-11-30)28(37)23-8-2-3-9-25(23)33-14-4-5-15-33/h2-9,13-15,20,24,27H,10-12,16-19,21H2,1H3. The second kappa shape index (κ2) is 9.74. The van der Waals surface area contributed by atoms with Gasteiger partial charge in [-0.25, -0.2) is 0 Å². The summed E-state index contributed by atoms with van der Waals surface area (Å²) < 4.78 is 1.98. The van der Waals surface area contributed by atoms with E-state index in [1.54, 1.807) is 24.3 Å². The van der Waals surface area contributed by atoms with Gasteiger partial charge in [-0.15, -0.1) is 0 Å². The second-order valence-corrected chi connectivity index (χ2v) is 11.0. The lowest BCUT2D eigenvalue weighted by atomic mass is 9.77. The van der Waals surface area contributed by atoms with Gasteiger partial charge in [0.25, 0.3) is 5.91 Å². The summed E-state index contributed by atoms with van der Waals surface area (Å²) in [4.78, 5) is 49.7. The molecule has 3 aromatic rings. The molecular weight excluding hydrogens is 478 g/mol. The van der Waals surface area contributed by atoms with Crippen LogP contribution >= 0.6 is 0 Å². The Hall–Kier alpha value is -3.94. The maximum atomic E-state index is 13.7. The van der Waals surface area contributed by atoms with Crippen LogP contribution in [0.3, 0.4) is 0 Å². The highest BCUT2D eigenvalue weighted by atomic mass is 16.2. The fraction of sp³-hybridized carbons (Fsp3) is 0.400. The molecule has 8 heteroatoms. The minimum Gasteiger partial charge on any atom is -0.342 e. The molecule has 2 atom stereocenters. The lowest BCUT2D eigenvalue weighted by Gasteiger charge is -2.39. The molecule has 3 amide bonds. The van der Waals surface area contributed by atoms with Crippen molar-refractivity contribution in [2.75, 3.05) is 33.2 Å². The molecule has 3 aliphatic rings. The van der Waals surface area contributed by atoms with E-state index in [1.807, 2.05) is 75.3 Å². The molecule has 2 aromatic heterocycles. The van der Waals surface area contributed by atoms with Crippen molar-refractivity contribution >= 4 is 17.7 Å². The van der Waals surface area contributed by atoms with Gasteiger partial charge in [-0.2, -0.15) is 0 Å². The number of nitrogens with zero attached hydrogens (tertiary/aromatic N) is 5. The first-order valence-electron chi connectivity index (χ1n) is 13.4. The predicted octanol–water partition coefficient (Wildman–Crippen LogP) is 3.55. The van der Waals surface area contributed by atoms with E-state index in [1.165, 1.54) is 0 Å². The lowest BCUT2D eigenvalue weighted by Crippen LogP contribution is -2.45. The summed E-state index contributed by atoms with van der Waals surface area (Å²) in [5, 5.41) is 0. The van der Waals surface area contributed by atoms with Crippen molar-refractivity contribution in [2.45, 2.75) is 31.7 Å². The molecule has 6 rings (SSSR count). The quantitative estimate of drug-likeness (QED) is 0.537. The number of benzene rings is 1. The fourth-order valence-electron chi connectivity index (χ4n) is 6.59. The molecule has 3 aliphatic heterocycles. The first-order chi connectivity index (χ1) is 18.5. The molecule has 0 radical (unpaired) electrons. The van der Waals surface area contributed by atoms with E-state index in [9.17, 15) is 14.4 Å². The normalized spacial score (nSPS) is 22.9. The van der Waals surface area contributed by atoms with Crippen LogP contribution in [0.1, 0.15) is 47.6 Å². The number of rotatable bonds is 4. The Kier molecular flexibility index (Phi) is 6.26. The zero-order chi connectivity index (χ0) is 26.3. The topological polar surface area (TPSA) is 78.8 Å². The van der Waals surface area contributed by atoms with Gasteiger partial charge in [0.1, 0.15) is 0 Å². The summed E-state index contributed by atoms with van der Waals surface area (Å²) in [5.74, 6) is -0.272. The van der Waals surface area contributed by atoms with Crippen molar-refractivity contribution in [1.82, 2.24) is 24.3 Å². The minimum atomic E-state index is -0.390. The van der Waals surface area contributed by atoms with E-state index >= 15 is 0 Å². The monoisotopic (exact) mass is 511 g/mol. The van der Waals surface area contributed by atoms with Gasteiger partial charge >= 0.3 is 0 Å². The molecule has 3 fully saturated rings. The SMILES string of the molecule is CN1C(=O)CC(C(=O)N2CCC3(CCN(C(=O)c4ccccc4-n4cccc4)CC3)C2)C1c1cccnc1. The summed E-state index contributed by atoms with van der Waals surface area (Å²) >= 11 is 0. The molecule has 2 unspecified atom stereocenters. The largest absolute Gasteiger partial charge is 0.342 e. The van der Waals surface area contributed by atoms with Crippen LogP contribution in [0.4, 0.5) is 0 Å². The second-order valence-electron chi connectivity index (χ2n) is 11.0. The van der Waals surface area contributed by atoms with Gasteiger partial charge in [-0.05, 0) is 60.6 Å². The van der Waals surface area contributed by atoms with E-state index < -0.39 is 5.92 Å². The molecule has 0 N–H and O–H groups in total. The number of aromatic nitrogens is 2. The first-order valence-corrected chi connectivity index (χ1v) is 13.4. The molecule has 0 saturated carbocycles. The fourth-order valence-corrected chi connectivity index (χ4v) is 6.59. The average Bonchev–Trinajstić information content (AvgIpc) is 3.70. The van der Waals surface area contributed by atoms with E-state index in [4.69, 9.17) is 0 Å². The van der Waals surface area contributed by atoms with Crippen molar-refractivity contribution in [3.8, 4) is 5.69 Å². The Bertz CT molecular complexity index is 1330. The summed E-state index contributed by atoms with van der Waals surface area (Å²) in [5.41, 5.74) is 2.53. The lowest BCUT2D eigenvalue weighted by molar-refractivity contribution is -0.136. The third kappa shape index (κ3) is 4.27. The zero-order valence-electron chi connectivity index (χ0n) is 21.7. The molecule has 0 aliphatic carbocycles. The van der Waals surface area contributed by atoms with Gasteiger partial charge in [0.15, 0.2) is 0 Å². The maximum Gasteiger partial charge on any atom is 0.255 e. The first kappa shape index (κ1) is 24.4. The van der Waals surface area contributed by atoms with Crippen molar-refractivity contribution in [3.63, 3.8) is 0 Å². The summed E-state index contributed by atoms with van der Waals surface area (Å²) in [6, 6.07) is 15.2. The molecular formula is C30H33N5O3. The third-order valence-corrected chi connectivity index (χ3v) is 8.81. The minimum absolute atomic E-state index is 0.00173. The van der Waals surface area contributed by atoms with Crippen LogP contribution in [0.5, 0.6) is 0 Å². The number of pyridine rings is 1. The molecule has 8 nitrogen and oxygen atoms in total. The molecule has 0 bridgehead atoms. The van der Waals surface area contributed by atoms with Crippen LogP contribution < -0.4 is 0 Å². The van der Waals surface area contributed by atoms with E-state index in [0.717, 1.165) is 30.5 Å². The highest BCUT2D eigenvalue weighted by Gasteiger charge is 2.48. The van der Waals surface area contributed by atoms with Gasteiger partial charge in [0.2, 0.25) is 11.8 Å². The van der Waals surface area contributed by atoms with Crippen LogP contribution in [-0.4, -0.2) is 75.2 Å². The van der Waals surface area contributed by atoms with E-state index in [0.29, 0.717) is 31.7 Å². The zero-order valence-corrected chi connectivity index (χ0v) is 21.7. The Balaban J connectivity index is 1.12. The molecule has 1 spiro atoms. The van der Waals surface area contributed by atoms with Crippen LogP contribution in [0, 0.1) is 11.3 Å². The Morgan fingerprint density at radius 1 is 0.921 bits per heavy atom. The predicted molar refractivity (Wildman–Crippen MR) is 142 cm³/mol. The number of carbonyl (C=O) groups excluding carboxylic acids is 3. The molecule has 1 aromatic carbocycles. The number of hydrogen-bond acceptors (Lipinski definition) is 4. The summed E-state index contributed by atoms with van der Waals surface area (Å²) in [6.45, 7) is 2.77. The van der Waals surface area contributed by atoms with Crippen molar-refractivity contribution < 1.29 is 14.4 Å². The van der Waals surface area contributed by atoms with Gasteiger partial charge < -0.3 is 19.3 Å². The van der Waals surface area contributed by atoms with Gasteiger partial charge in [-0.1, -0.05) is 18.2 Å². The number of hydrogen-bond donors (Lipinski definition) is 0. The Labute approximate surface area is 222 Å². The number of likely N-dealkylation sites (tertiary alicyclic amines) is 3. The number of piperidine rings is 1. The number of para-hydroxylation sites is 1. The van der Waals surface area contributed by atoms with Crippen LogP contribution in [0.25, 0.3) is 5.69 Å². The highest BCUT2D eigenvalue weighted by molar-refractivity contribution is 5.98. The average molecular weight is 512 g/mol. The van der Waals surface area contributed by atoms with Crippen molar-refractivity contribution in [1.29, 1.82) is 0 Å². The molecule has 196 valence electrons. The smallest absolute Gasteiger partial charge is 0.255 e. The van der Waals surface area contributed by atoms with Crippen molar-refractivity contribution in [3.05, 3.63) is 84.4 Å². The number of carbonyl (C=O) groups is 3. The van der Waals surface area contributed by atoms with Crippen LogP contribution in [0.2, 0.25) is 0 Å². The van der Waals surface area contributed by atoms with E-state index in [2.05, 4.69) is 4.98 Å². The number of amides is 3. The van der Waals surface area contributed by atoms with Gasteiger partial charge in [-0.3, -0.25) is 19.4 Å². The van der Waals surface area contributed by atoms with Gasteiger partial charge in [0.05, 0.1) is 23.2 Å². The van der Waals surface area contributed by atoms with Crippen LogP contribution in [0.15, 0.2) is 73.3 Å². The summed E-state index contributed by atoms with van der Waals surface area (Å²) in [6.07, 6.45) is 10.3. The third-order valence-electron chi connectivity index (χ3n) is 8.81. The highest BCUT2D eigenvalue weighted by Crippen LogP contribution is 2.44. The summed E-state index contributed by atoms with van der Waals surface area (Å²) in [7, 11) is 1.78. The van der Waals surface area contributed by atoms with Gasteiger partial charge in [0, 0.05) is 64.4 Å². The van der Waals surface area contributed by atoms with Crippen molar-refractivity contribution in [2.24, 2.45) is 11.3 Å².